The number of hydrogen-bond acceptors (Lipinski definition) is 2. The fourth-order valence-corrected chi connectivity index (χ4v) is 2.59. The summed E-state index contributed by atoms with van der Waals surface area (Å²) in [7, 11) is 1.85. The number of hydrogen-bond donors (Lipinski definition) is 1. The van der Waals surface area contributed by atoms with Crippen LogP contribution in [0.25, 0.3) is 0 Å². The van der Waals surface area contributed by atoms with Gasteiger partial charge in [-0.2, -0.15) is 0 Å². The van der Waals surface area contributed by atoms with E-state index in [1.165, 1.54) is 0 Å². The van der Waals surface area contributed by atoms with Gasteiger partial charge >= 0.3 is 0 Å². The van der Waals surface area contributed by atoms with Crippen LogP contribution in [0.15, 0.2) is 29.1 Å². The standard InChI is InChI=1S/C14H19BrN4O/c1-10(2)8-19-5-4-16-13(19)7-17-14(20)12-6-11(15)9-18(12)3/h4-6,9-10H,7-8H2,1-3H3,(H,17,20). The Morgan fingerprint density at radius 3 is 2.85 bits per heavy atom. The molecule has 0 bridgehead atoms. The van der Waals surface area contributed by atoms with Crippen molar-refractivity contribution in [3.8, 4) is 0 Å². The number of aryl methyl sites for hydroxylation is 1. The molecule has 2 rings (SSSR count). The Morgan fingerprint density at radius 2 is 2.25 bits per heavy atom. The van der Waals surface area contributed by atoms with Crippen molar-refractivity contribution in [2.75, 3.05) is 0 Å². The Hall–Kier alpha value is -1.56. The van der Waals surface area contributed by atoms with Gasteiger partial charge in [-0.15, -0.1) is 0 Å². The summed E-state index contributed by atoms with van der Waals surface area (Å²) in [6.45, 7) is 5.65. The highest BCUT2D eigenvalue weighted by molar-refractivity contribution is 9.10. The van der Waals surface area contributed by atoms with E-state index in [-0.39, 0.29) is 5.91 Å². The van der Waals surface area contributed by atoms with Gasteiger partial charge in [-0.1, -0.05) is 13.8 Å². The maximum absolute atomic E-state index is 12.1. The second kappa shape index (κ2) is 6.26. The first kappa shape index (κ1) is 14.8. The number of amides is 1. The molecule has 1 N–H and O–H groups in total. The van der Waals surface area contributed by atoms with Crippen molar-refractivity contribution in [2.45, 2.75) is 26.9 Å². The molecule has 0 fully saturated rings. The second-order valence-electron chi connectivity index (χ2n) is 5.23. The highest BCUT2D eigenvalue weighted by atomic mass is 79.9. The Bertz CT molecular complexity index is 600. The van der Waals surface area contributed by atoms with Gasteiger partial charge in [0, 0.05) is 36.7 Å². The van der Waals surface area contributed by atoms with E-state index >= 15 is 0 Å². The number of nitrogens with zero attached hydrogens (tertiary/aromatic N) is 3. The molecule has 5 nitrogen and oxygen atoms in total. The third-order valence-electron chi connectivity index (χ3n) is 2.97. The van der Waals surface area contributed by atoms with Crippen molar-refractivity contribution in [1.29, 1.82) is 0 Å². The SMILES string of the molecule is CC(C)Cn1ccnc1CNC(=O)c1cc(Br)cn1C. The van der Waals surface area contributed by atoms with Gasteiger partial charge in [-0.25, -0.2) is 4.98 Å². The lowest BCUT2D eigenvalue weighted by Crippen LogP contribution is -2.26. The Morgan fingerprint density at radius 1 is 1.50 bits per heavy atom. The van der Waals surface area contributed by atoms with Gasteiger partial charge in [0.05, 0.1) is 6.54 Å². The molecular weight excluding hydrogens is 320 g/mol. The van der Waals surface area contributed by atoms with Gasteiger partial charge in [0.1, 0.15) is 11.5 Å². The molecule has 0 atom stereocenters. The molecule has 2 aromatic heterocycles. The number of carbonyl (C=O) groups is 1. The second-order valence-corrected chi connectivity index (χ2v) is 6.14. The highest BCUT2D eigenvalue weighted by Crippen LogP contribution is 2.13. The van der Waals surface area contributed by atoms with E-state index in [0.717, 1.165) is 16.8 Å². The zero-order chi connectivity index (χ0) is 14.7. The molecule has 0 radical (unpaired) electrons. The van der Waals surface area contributed by atoms with Gasteiger partial charge in [0.2, 0.25) is 0 Å². The Labute approximate surface area is 127 Å². The first-order valence-electron chi connectivity index (χ1n) is 6.57. The lowest BCUT2D eigenvalue weighted by Gasteiger charge is -2.11. The van der Waals surface area contributed by atoms with Gasteiger partial charge in [-0.05, 0) is 27.9 Å². The molecule has 0 spiro atoms. The van der Waals surface area contributed by atoms with E-state index in [2.05, 4.69) is 44.6 Å². The Balaban J connectivity index is 2.00. The Kier molecular flexibility index (Phi) is 4.65. The smallest absolute Gasteiger partial charge is 0.268 e. The molecule has 1 amide bonds. The fourth-order valence-electron chi connectivity index (χ4n) is 2.07. The molecule has 0 saturated heterocycles. The molecule has 0 saturated carbocycles. The molecule has 6 heteroatoms. The minimum Gasteiger partial charge on any atom is -0.345 e. The summed E-state index contributed by atoms with van der Waals surface area (Å²) in [5.74, 6) is 1.32. The molecule has 2 heterocycles. The summed E-state index contributed by atoms with van der Waals surface area (Å²) in [4.78, 5) is 16.4. The van der Waals surface area contributed by atoms with Crippen molar-refractivity contribution in [3.05, 3.63) is 40.6 Å². The molecule has 0 unspecified atom stereocenters. The molecule has 20 heavy (non-hydrogen) atoms. The quantitative estimate of drug-likeness (QED) is 0.910. The zero-order valence-electron chi connectivity index (χ0n) is 11.9. The van der Waals surface area contributed by atoms with E-state index in [1.54, 1.807) is 16.8 Å². The average Bonchev–Trinajstić information content (AvgIpc) is 2.92. The molecule has 0 aromatic carbocycles. The van der Waals surface area contributed by atoms with Gasteiger partial charge in [0.15, 0.2) is 0 Å². The van der Waals surface area contributed by atoms with E-state index in [0.29, 0.717) is 18.2 Å². The van der Waals surface area contributed by atoms with Crippen molar-refractivity contribution in [3.63, 3.8) is 0 Å². The topological polar surface area (TPSA) is 51.9 Å². The fraction of sp³-hybridized carbons (Fsp3) is 0.429. The van der Waals surface area contributed by atoms with Gasteiger partial charge in [0.25, 0.3) is 5.91 Å². The predicted molar refractivity (Wildman–Crippen MR) is 81.3 cm³/mol. The van der Waals surface area contributed by atoms with E-state index in [9.17, 15) is 4.79 Å². The number of aromatic nitrogens is 3. The summed E-state index contributed by atoms with van der Waals surface area (Å²) in [6.07, 6.45) is 5.57. The van der Waals surface area contributed by atoms with Crippen molar-refractivity contribution in [2.24, 2.45) is 13.0 Å². The zero-order valence-corrected chi connectivity index (χ0v) is 13.5. The molecule has 0 aliphatic rings. The number of nitrogens with one attached hydrogen (secondary N) is 1. The van der Waals surface area contributed by atoms with Crippen LogP contribution in [0, 0.1) is 5.92 Å². The molecular formula is C14H19BrN4O. The van der Waals surface area contributed by atoms with Gasteiger partial charge in [-0.3, -0.25) is 4.79 Å². The first-order valence-corrected chi connectivity index (χ1v) is 7.36. The summed E-state index contributed by atoms with van der Waals surface area (Å²) >= 11 is 3.36. The third-order valence-corrected chi connectivity index (χ3v) is 3.41. The van der Waals surface area contributed by atoms with Crippen LogP contribution in [0.4, 0.5) is 0 Å². The lowest BCUT2D eigenvalue weighted by molar-refractivity contribution is 0.0941. The van der Waals surface area contributed by atoms with Gasteiger partial charge < -0.3 is 14.5 Å². The van der Waals surface area contributed by atoms with Crippen LogP contribution in [0.5, 0.6) is 0 Å². The molecule has 2 aromatic rings. The van der Waals surface area contributed by atoms with Crippen LogP contribution < -0.4 is 5.32 Å². The average molecular weight is 339 g/mol. The van der Waals surface area contributed by atoms with Crippen LogP contribution in [0.2, 0.25) is 0 Å². The van der Waals surface area contributed by atoms with Crippen LogP contribution in [-0.4, -0.2) is 20.0 Å². The minimum atomic E-state index is -0.0997. The summed E-state index contributed by atoms with van der Waals surface area (Å²) in [5.41, 5.74) is 0.624. The maximum atomic E-state index is 12.1. The summed E-state index contributed by atoms with van der Waals surface area (Å²) < 4.78 is 4.76. The highest BCUT2D eigenvalue weighted by Gasteiger charge is 2.12. The van der Waals surface area contributed by atoms with Crippen LogP contribution in [0.1, 0.15) is 30.2 Å². The third kappa shape index (κ3) is 3.50. The van der Waals surface area contributed by atoms with Crippen LogP contribution in [-0.2, 0) is 20.1 Å². The van der Waals surface area contributed by atoms with Crippen molar-refractivity contribution >= 4 is 21.8 Å². The predicted octanol–water partition coefficient (Wildman–Crippen LogP) is 2.57. The number of halogens is 1. The van der Waals surface area contributed by atoms with E-state index in [1.807, 2.05) is 19.4 Å². The van der Waals surface area contributed by atoms with E-state index < -0.39 is 0 Å². The summed E-state index contributed by atoms with van der Waals surface area (Å²) in [5, 5.41) is 2.91. The monoisotopic (exact) mass is 338 g/mol. The maximum Gasteiger partial charge on any atom is 0.268 e. The van der Waals surface area contributed by atoms with Crippen molar-refractivity contribution in [1.82, 2.24) is 19.4 Å². The lowest BCUT2D eigenvalue weighted by atomic mass is 10.2. The van der Waals surface area contributed by atoms with E-state index in [4.69, 9.17) is 0 Å². The first-order chi connectivity index (χ1) is 9.47. The normalized spacial score (nSPS) is 11.1. The number of carbonyl (C=O) groups excluding carboxylic acids is 1. The summed E-state index contributed by atoms with van der Waals surface area (Å²) in [6, 6.07) is 1.80. The molecule has 108 valence electrons. The minimum absolute atomic E-state index is 0.0997. The van der Waals surface area contributed by atoms with Crippen LogP contribution >= 0.6 is 15.9 Å². The molecule has 0 aliphatic carbocycles. The number of imidazole rings is 1. The van der Waals surface area contributed by atoms with Crippen LogP contribution in [0.3, 0.4) is 0 Å². The van der Waals surface area contributed by atoms with Crippen molar-refractivity contribution < 1.29 is 4.79 Å². The number of rotatable bonds is 5. The largest absolute Gasteiger partial charge is 0.345 e. The molecule has 0 aliphatic heterocycles.